The van der Waals surface area contributed by atoms with Gasteiger partial charge in [0.25, 0.3) is 0 Å². The predicted molar refractivity (Wildman–Crippen MR) is 59.7 cm³/mol. The van der Waals surface area contributed by atoms with Crippen molar-refractivity contribution in [3.63, 3.8) is 0 Å². The van der Waals surface area contributed by atoms with Crippen molar-refractivity contribution in [2.24, 2.45) is 0 Å². The van der Waals surface area contributed by atoms with Crippen LogP contribution < -0.4 is 9.47 Å². The third-order valence-corrected chi connectivity index (χ3v) is 2.26. The Bertz CT molecular complexity index is 297. The number of methoxy groups -OCH3 is 3. The van der Waals surface area contributed by atoms with Gasteiger partial charge in [-0.05, 0) is 30.5 Å². The molecular formula is C12H18O3. The van der Waals surface area contributed by atoms with E-state index in [1.165, 1.54) is 5.56 Å². The van der Waals surface area contributed by atoms with E-state index in [9.17, 15) is 0 Å². The first kappa shape index (κ1) is 11.9. The van der Waals surface area contributed by atoms with Crippen molar-refractivity contribution >= 4 is 0 Å². The number of hydrogen-bond acceptors (Lipinski definition) is 3. The molecule has 0 atom stereocenters. The maximum Gasteiger partial charge on any atom is 0.160 e. The zero-order chi connectivity index (χ0) is 11.1. The van der Waals surface area contributed by atoms with E-state index in [4.69, 9.17) is 14.2 Å². The Balaban J connectivity index is 2.66. The molecule has 3 nitrogen and oxygen atoms in total. The van der Waals surface area contributed by atoms with Crippen LogP contribution in [0.15, 0.2) is 18.2 Å². The summed E-state index contributed by atoms with van der Waals surface area (Å²) in [5.41, 5.74) is 1.24. The predicted octanol–water partition coefficient (Wildman–Crippen LogP) is 2.28. The average Bonchev–Trinajstić information content (AvgIpc) is 2.29. The summed E-state index contributed by atoms with van der Waals surface area (Å²) in [4.78, 5) is 0. The van der Waals surface area contributed by atoms with Crippen molar-refractivity contribution in [1.29, 1.82) is 0 Å². The smallest absolute Gasteiger partial charge is 0.160 e. The highest BCUT2D eigenvalue weighted by Crippen LogP contribution is 2.27. The Hall–Kier alpha value is -1.22. The fourth-order valence-electron chi connectivity index (χ4n) is 1.46. The van der Waals surface area contributed by atoms with Crippen LogP contribution in [-0.4, -0.2) is 27.9 Å². The van der Waals surface area contributed by atoms with Gasteiger partial charge in [-0.2, -0.15) is 0 Å². The van der Waals surface area contributed by atoms with Crippen LogP contribution in [0.5, 0.6) is 11.5 Å². The van der Waals surface area contributed by atoms with Gasteiger partial charge < -0.3 is 14.2 Å². The molecule has 1 aromatic carbocycles. The molecule has 1 rings (SSSR count). The Morgan fingerprint density at radius 3 is 2.33 bits per heavy atom. The minimum absolute atomic E-state index is 0.771. The number of aryl methyl sites for hydroxylation is 1. The van der Waals surface area contributed by atoms with Crippen LogP contribution in [0, 0.1) is 0 Å². The Kier molecular flexibility index (Phi) is 4.98. The normalized spacial score (nSPS) is 10.1. The highest BCUT2D eigenvalue weighted by atomic mass is 16.5. The van der Waals surface area contributed by atoms with Crippen molar-refractivity contribution in [2.45, 2.75) is 12.8 Å². The second-order valence-corrected chi connectivity index (χ2v) is 3.29. The lowest BCUT2D eigenvalue weighted by Crippen LogP contribution is -1.95. The lowest BCUT2D eigenvalue weighted by atomic mass is 10.1. The lowest BCUT2D eigenvalue weighted by molar-refractivity contribution is 0.195. The molecule has 3 heteroatoms. The van der Waals surface area contributed by atoms with E-state index in [2.05, 4.69) is 6.07 Å². The summed E-state index contributed by atoms with van der Waals surface area (Å²) in [5, 5.41) is 0. The van der Waals surface area contributed by atoms with E-state index in [0.717, 1.165) is 30.9 Å². The van der Waals surface area contributed by atoms with Crippen LogP contribution in [0.1, 0.15) is 12.0 Å². The quantitative estimate of drug-likeness (QED) is 0.674. The third-order valence-electron chi connectivity index (χ3n) is 2.26. The molecule has 15 heavy (non-hydrogen) atoms. The molecule has 0 saturated carbocycles. The molecule has 0 fully saturated rings. The summed E-state index contributed by atoms with van der Waals surface area (Å²) in [6.07, 6.45) is 2.01. The summed E-state index contributed by atoms with van der Waals surface area (Å²) in [6.45, 7) is 0.786. The lowest BCUT2D eigenvalue weighted by Gasteiger charge is -2.09. The van der Waals surface area contributed by atoms with Gasteiger partial charge in [0.05, 0.1) is 14.2 Å². The Morgan fingerprint density at radius 2 is 1.73 bits per heavy atom. The molecule has 0 radical (unpaired) electrons. The van der Waals surface area contributed by atoms with Crippen molar-refractivity contribution in [3.05, 3.63) is 23.8 Å². The van der Waals surface area contributed by atoms with Crippen molar-refractivity contribution < 1.29 is 14.2 Å². The number of ether oxygens (including phenoxy) is 3. The molecule has 84 valence electrons. The van der Waals surface area contributed by atoms with Gasteiger partial charge in [-0.1, -0.05) is 6.07 Å². The molecule has 0 amide bonds. The molecule has 0 unspecified atom stereocenters. The van der Waals surface area contributed by atoms with E-state index >= 15 is 0 Å². The van der Waals surface area contributed by atoms with Gasteiger partial charge in [0.1, 0.15) is 0 Å². The van der Waals surface area contributed by atoms with E-state index < -0.39 is 0 Å². The van der Waals surface area contributed by atoms with Crippen molar-refractivity contribution in [2.75, 3.05) is 27.9 Å². The van der Waals surface area contributed by atoms with E-state index in [0.29, 0.717) is 0 Å². The summed E-state index contributed by atoms with van der Waals surface area (Å²) in [6, 6.07) is 5.99. The number of hydrogen-bond donors (Lipinski definition) is 0. The molecule has 1 aromatic rings. The number of benzene rings is 1. The number of rotatable bonds is 6. The van der Waals surface area contributed by atoms with Gasteiger partial charge in [-0.3, -0.25) is 0 Å². The summed E-state index contributed by atoms with van der Waals surface area (Å²) >= 11 is 0. The molecule has 0 aliphatic heterocycles. The first-order valence-corrected chi connectivity index (χ1v) is 5.01. The Morgan fingerprint density at radius 1 is 1.00 bits per heavy atom. The van der Waals surface area contributed by atoms with E-state index in [1.807, 2.05) is 12.1 Å². The van der Waals surface area contributed by atoms with Gasteiger partial charge in [0, 0.05) is 13.7 Å². The summed E-state index contributed by atoms with van der Waals surface area (Å²) in [5.74, 6) is 1.56. The second kappa shape index (κ2) is 6.30. The monoisotopic (exact) mass is 210 g/mol. The van der Waals surface area contributed by atoms with Gasteiger partial charge >= 0.3 is 0 Å². The molecule has 0 spiro atoms. The molecule has 0 saturated heterocycles. The van der Waals surface area contributed by atoms with Crippen LogP contribution >= 0.6 is 0 Å². The standard InChI is InChI=1S/C12H18O3/c1-13-8-4-5-10-6-7-11(14-2)12(9-10)15-3/h6-7,9H,4-5,8H2,1-3H3. The zero-order valence-electron chi connectivity index (χ0n) is 9.58. The largest absolute Gasteiger partial charge is 0.493 e. The third kappa shape index (κ3) is 3.44. The van der Waals surface area contributed by atoms with Crippen LogP contribution in [-0.2, 0) is 11.2 Å². The van der Waals surface area contributed by atoms with Gasteiger partial charge in [0.15, 0.2) is 11.5 Å². The molecule has 0 N–H and O–H groups in total. The topological polar surface area (TPSA) is 27.7 Å². The van der Waals surface area contributed by atoms with Crippen molar-refractivity contribution in [3.8, 4) is 11.5 Å². The zero-order valence-corrected chi connectivity index (χ0v) is 9.58. The molecule has 0 aliphatic rings. The van der Waals surface area contributed by atoms with Crippen LogP contribution in [0.3, 0.4) is 0 Å². The van der Waals surface area contributed by atoms with Crippen molar-refractivity contribution in [1.82, 2.24) is 0 Å². The molecule has 0 aromatic heterocycles. The maximum atomic E-state index is 5.23. The van der Waals surface area contributed by atoms with Crippen LogP contribution in [0.4, 0.5) is 0 Å². The molecule has 0 bridgehead atoms. The van der Waals surface area contributed by atoms with Gasteiger partial charge in [0.2, 0.25) is 0 Å². The minimum Gasteiger partial charge on any atom is -0.493 e. The van der Waals surface area contributed by atoms with E-state index in [-0.39, 0.29) is 0 Å². The minimum atomic E-state index is 0.771. The summed E-state index contributed by atoms with van der Waals surface area (Å²) < 4.78 is 15.4. The Labute approximate surface area is 91.0 Å². The fraction of sp³-hybridized carbons (Fsp3) is 0.500. The summed E-state index contributed by atoms with van der Waals surface area (Å²) in [7, 11) is 5.01. The fourth-order valence-corrected chi connectivity index (χ4v) is 1.46. The molecule has 0 heterocycles. The van der Waals surface area contributed by atoms with Crippen LogP contribution in [0.25, 0.3) is 0 Å². The van der Waals surface area contributed by atoms with Crippen LogP contribution in [0.2, 0.25) is 0 Å². The van der Waals surface area contributed by atoms with Gasteiger partial charge in [-0.25, -0.2) is 0 Å². The molecule has 0 aliphatic carbocycles. The van der Waals surface area contributed by atoms with Gasteiger partial charge in [-0.15, -0.1) is 0 Å². The van der Waals surface area contributed by atoms with E-state index in [1.54, 1.807) is 21.3 Å². The molecular weight excluding hydrogens is 192 g/mol. The second-order valence-electron chi connectivity index (χ2n) is 3.29. The average molecular weight is 210 g/mol. The first-order chi connectivity index (χ1) is 7.31. The first-order valence-electron chi connectivity index (χ1n) is 5.01. The highest BCUT2D eigenvalue weighted by Gasteiger charge is 2.03. The maximum absolute atomic E-state index is 5.23. The highest BCUT2D eigenvalue weighted by molar-refractivity contribution is 5.42. The SMILES string of the molecule is COCCCc1ccc(OC)c(OC)c1.